The molecule has 1 fully saturated rings. The zero-order chi connectivity index (χ0) is 20.1. The molecule has 5 nitrogen and oxygen atoms in total. The van der Waals surface area contributed by atoms with Crippen molar-refractivity contribution in [1.82, 2.24) is 9.88 Å². The van der Waals surface area contributed by atoms with Crippen molar-refractivity contribution in [3.05, 3.63) is 35.2 Å². The third-order valence-corrected chi connectivity index (χ3v) is 6.41. The standard InChI is InChI=1S/C22H29N3O2S/c1-4-8-18(26)25-13-11-17(12-14-25)21(27)24-22-23-19(20(28-22)15(2)3)16-9-6-5-7-10-16/h5-7,9-10,15,17H,4,8,11-14H2,1-3H3,(H,23,24,27). The Labute approximate surface area is 171 Å². The number of nitrogens with one attached hydrogen (secondary N) is 1. The molecule has 6 heteroatoms. The summed E-state index contributed by atoms with van der Waals surface area (Å²) in [5.41, 5.74) is 2.03. The maximum atomic E-state index is 12.7. The van der Waals surface area contributed by atoms with Gasteiger partial charge in [-0.15, -0.1) is 11.3 Å². The molecule has 1 aliphatic rings. The van der Waals surface area contributed by atoms with Crippen LogP contribution in [0, 0.1) is 5.92 Å². The van der Waals surface area contributed by atoms with E-state index in [9.17, 15) is 9.59 Å². The van der Waals surface area contributed by atoms with Gasteiger partial charge in [0.15, 0.2) is 5.13 Å². The second kappa shape index (κ2) is 9.32. The van der Waals surface area contributed by atoms with Gasteiger partial charge in [-0.1, -0.05) is 51.1 Å². The van der Waals surface area contributed by atoms with Gasteiger partial charge >= 0.3 is 0 Å². The van der Waals surface area contributed by atoms with E-state index in [1.165, 1.54) is 4.88 Å². The van der Waals surface area contributed by atoms with Crippen LogP contribution < -0.4 is 5.32 Å². The molecule has 0 unspecified atom stereocenters. The molecule has 0 atom stereocenters. The highest BCUT2D eigenvalue weighted by Gasteiger charge is 2.28. The Morgan fingerprint density at radius 1 is 1.21 bits per heavy atom. The summed E-state index contributed by atoms with van der Waals surface area (Å²) in [6.07, 6.45) is 2.89. The number of hydrogen-bond donors (Lipinski definition) is 1. The average Bonchev–Trinajstić information content (AvgIpc) is 3.13. The summed E-state index contributed by atoms with van der Waals surface area (Å²) in [5, 5.41) is 3.70. The minimum Gasteiger partial charge on any atom is -0.343 e. The van der Waals surface area contributed by atoms with Crippen LogP contribution in [0.25, 0.3) is 11.3 Å². The Morgan fingerprint density at radius 3 is 2.50 bits per heavy atom. The van der Waals surface area contributed by atoms with Gasteiger partial charge in [-0.2, -0.15) is 0 Å². The first-order valence-electron chi connectivity index (χ1n) is 10.1. The maximum Gasteiger partial charge on any atom is 0.229 e. The van der Waals surface area contributed by atoms with Crippen LogP contribution in [0.5, 0.6) is 0 Å². The predicted molar refractivity (Wildman–Crippen MR) is 114 cm³/mol. The van der Waals surface area contributed by atoms with Gasteiger partial charge in [0.1, 0.15) is 0 Å². The summed E-state index contributed by atoms with van der Waals surface area (Å²) in [7, 11) is 0. The van der Waals surface area contributed by atoms with Crippen LogP contribution in [0.3, 0.4) is 0 Å². The van der Waals surface area contributed by atoms with Gasteiger partial charge in [0.05, 0.1) is 5.69 Å². The monoisotopic (exact) mass is 399 g/mol. The smallest absolute Gasteiger partial charge is 0.229 e. The molecule has 0 aliphatic carbocycles. The summed E-state index contributed by atoms with van der Waals surface area (Å²) in [5.74, 6) is 0.505. The van der Waals surface area contributed by atoms with E-state index < -0.39 is 0 Å². The van der Waals surface area contributed by atoms with E-state index in [2.05, 4.69) is 31.3 Å². The van der Waals surface area contributed by atoms with E-state index in [1.807, 2.05) is 30.0 Å². The van der Waals surface area contributed by atoms with Gasteiger partial charge < -0.3 is 10.2 Å². The fourth-order valence-electron chi connectivity index (χ4n) is 3.55. The molecule has 28 heavy (non-hydrogen) atoms. The molecular weight excluding hydrogens is 370 g/mol. The molecule has 150 valence electrons. The van der Waals surface area contributed by atoms with Gasteiger partial charge in [-0.05, 0) is 25.2 Å². The minimum absolute atomic E-state index is 0.0197. The number of likely N-dealkylation sites (tertiary alicyclic amines) is 1. The molecule has 0 saturated carbocycles. The first kappa shape index (κ1) is 20.5. The Bertz CT molecular complexity index is 808. The first-order chi connectivity index (χ1) is 13.5. The lowest BCUT2D eigenvalue weighted by Gasteiger charge is -2.31. The number of benzene rings is 1. The van der Waals surface area contributed by atoms with Gasteiger partial charge in [0.25, 0.3) is 0 Å². The molecule has 1 saturated heterocycles. The van der Waals surface area contributed by atoms with E-state index in [1.54, 1.807) is 11.3 Å². The number of piperidine rings is 1. The lowest BCUT2D eigenvalue weighted by atomic mass is 9.95. The SMILES string of the molecule is CCCC(=O)N1CCC(C(=O)Nc2nc(-c3ccccc3)c(C(C)C)s2)CC1. The predicted octanol–water partition coefficient (Wildman–Crippen LogP) is 4.91. The number of thiazole rings is 1. The number of nitrogens with zero attached hydrogens (tertiary/aromatic N) is 2. The summed E-state index contributed by atoms with van der Waals surface area (Å²) in [6.45, 7) is 7.65. The number of rotatable bonds is 6. The van der Waals surface area contributed by atoms with E-state index in [-0.39, 0.29) is 17.7 Å². The molecule has 2 heterocycles. The molecule has 1 aromatic carbocycles. The van der Waals surface area contributed by atoms with Crippen molar-refractivity contribution in [3.63, 3.8) is 0 Å². The van der Waals surface area contributed by atoms with Crippen LogP contribution >= 0.6 is 11.3 Å². The Morgan fingerprint density at radius 2 is 1.89 bits per heavy atom. The third-order valence-electron chi connectivity index (χ3n) is 5.14. The Hall–Kier alpha value is -2.21. The zero-order valence-electron chi connectivity index (χ0n) is 16.9. The summed E-state index contributed by atoms with van der Waals surface area (Å²) < 4.78 is 0. The Kier molecular flexibility index (Phi) is 6.83. The minimum atomic E-state index is -0.0581. The number of hydrogen-bond acceptors (Lipinski definition) is 4. The number of amides is 2. The molecule has 0 bridgehead atoms. The van der Waals surface area contributed by atoms with Crippen LogP contribution in [-0.2, 0) is 9.59 Å². The number of aromatic nitrogens is 1. The van der Waals surface area contributed by atoms with Crippen molar-refractivity contribution >= 4 is 28.3 Å². The molecule has 0 radical (unpaired) electrons. The van der Waals surface area contributed by atoms with Crippen LogP contribution in [0.15, 0.2) is 30.3 Å². The second-order valence-corrected chi connectivity index (χ2v) is 8.68. The molecular formula is C22H29N3O2S. The molecule has 0 spiro atoms. The lowest BCUT2D eigenvalue weighted by molar-refractivity contribution is -0.134. The second-order valence-electron chi connectivity index (χ2n) is 7.65. The number of carbonyl (C=O) groups is 2. The highest BCUT2D eigenvalue weighted by molar-refractivity contribution is 7.16. The molecule has 1 aliphatic heterocycles. The highest BCUT2D eigenvalue weighted by atomic mass is 32.1. The quantitative estimate of drug-likeness (QED) is 0.751. The van der Waals surface area contributed by atoms with Gasteiger partial charge in [0, 0.05) is 35.9 Å². The third kappa shape index (κ3) is 4.79. The average molecular weight is 400 g/mol. The summed E-state index contributed by atoms with van der Waals surface area (Å²) >= 11 is 1.56. The van der Waals surface area contributed by atoms with Crippen LogP contribution in [0.4, 0.5) is 5.13 Å². The highest BCUT2D eigenvalue weighted by Crippen LogP contribution is 2.36. The van der Waals surface area contributed by atoms with Crippen LogP contribution in [0.1, 0.15) is 57.2 Å². The van der Waals surface area contributed by atoms with E-state index in [4.69, 9.17) is 4.98 Å². The Balaban J connectivity index is 1.66. The van der Waals surface area contributed by atoms with Crippen molar-refractivity contribution in [2.24, 2.45) is 5.92 Å². The van der Waals surface area contributed by atoms with E-state index in [0.717, 1.165) is 30.5 Å². The number of anilines is 1. The molecule has 2 amide bonds. The zero-order valence-corrected chi connectivity index (χ0v) is 17.7. The molecule has 1 N–H and O–H groups in total. The van der Waals surface area contributed by atoms with Crippen molar-refractivity contribution in [2.75, 3.05) is 18.4 Å². The van der Waals surface area contributed by atoms with E-state index >= 15 is 0 Å². The van der Waals surface area contributed by atoms with Gasteiger partial charge in [-0.25, -0.2) is 4.98 Å². The summed E-state index contributed by atoms with van der Waals surface area (Å²) in [4.78, 5) is 32.6. The largest absolute Gasteiger partial charge is 0.343 e. The van der Waals surface area contributed by atoms with Gasteiger partial charge in [0.2, 0.25) is 11.8 Å². The fraction of sp³-hybridized carbons (Fsp3) is 0.500. The van der Waals surface area contributed by atoms with Crippen LogP contribution in [-0.4, -0.2) is 34.8 Å². The van der Waals surface area contributed by atoms with Gasteiger partial charge in [-0.3, -0.25) is 9.59 Å². The van der Waals surface area contributed by atoms with Crippen molar-refractivity contribution in [2.45, 2.75) is 52.4 Å². The normalized spacial score (nSPS) is 15.1. The summed E-state index contributed by atoms with van der Waals surface area (Å²) in [6, 6.07) is 10.1. The fourth-order valence-corrected chi connectivity index (χ4v) is 4.54. The van der Waals surface area contributed by atoms with Crippen molar-refractivity contribution in [3.8, 4) is 11.3 Å². The van der Waals surface area contributed by atoms with Crippen molar-refractivity contribution in [1.29, 1.82) is 0 Å². The molecule has 1 aromatic heterocycles. The topological polar surface area (TPSA) is 62.3 Å². The number of carbonyl (C=O) groups excluding carboxylic acids is 2. The van der Waals surface area contributed by atoms with Crippen molar-refractivity contribution < 1.29 is 9.59 Å². The van der Waals surface area contributed by atoms with Crippen LogP contribution in [0.2, 0.25) is 0 Å². The van der Waals surface area contributed by atoms with E-state index in [0.29, 0.717) is 30.6 Å². The first-order valence-corrected chi connectivity index (χ1v) is 11.0. The molecule has 3 rings (SSSR count). The lowest BCUT2D eigenvalue weighted by Crippen LogP contribution is -2.41. The maximum absolute atomic E-state index is 12.7. The molecule has 2 aromatic rings.